The first-order valence-electron chi connectivity index (χ1n) is 12.0. The number of carbonyl (C=O) groups is 2. The predicted molar refractivity (Wildman–Crippen MR) is 130 cm³/mol. The molecular formula is C27H35N3O4. The largest absolute Gasteiger partial charge is 0.445 e. The molecular weight excluding hydrogens is 430 g/mol. The Labute approximate surface area is 202 Å². The van der Waals surface area contributed by atoms with Crippen molar-refractivity contribution in [3.05, 3.63) is 71.3 Å². The minimum Gasteiger partial charge on any atom is -0.445 e. The van der Waals surface area contributed by atoms with Crippen LogP contribution in [0, 0.1) is 0 Å². The third kappa shape index (κ3) is 6.29. The molecule has 1 N–H and O–H groups in total. The summed E-state index contributed by atoms with van der Waals surface area (Å²) in [5.41, 5.74) is 3.06. The van der Waals surface area contributed by atoms with E-state index in [2.05, 4.69) is 34.5 Å². The van der Waals surface area contributed by atoms with Crippen molar-refractivity contribution in [2.45, 2.75) is 64.4 Å². The van der Waals surface area contributed by atoms with Crippen LogP contribution in [0.4, 0.5) is 9.59 Å². The summed E-state index contributed by atoms with van der Waals surface area (Å²) in [6, 6.07) is 18.0. The van der Waals surface area contributed by atoms with Crippen LogP contribution in [0.15, 0.2) is 54.6 Å². The Bertz CT molecular complexity index is 989. The van der Waals surface area contributed by atoms with Crippen LogP contribution in [0.3, 0.4) is 0 Å². The quantitative estimate of drug-likeness (QED) is 0.727. The zero-order chi connectivity index (χ0) is 24.1. The fourth-order valence-corrected chi connectivity index (χ4v) is 4.71. The molecule has 182 valence electrons. The Balaban J connectivity index is 1.45. The molecule has 2 amide bonds. The van der Waals surface area contributed by atoms with E-state index >= 15 is 0 Å². The van der Waals surface area contributed by atoms with Crippen molar-refractivity contribution in [2.24, 2.45) is 0 Å². The highest BCUT2D eigenvalue weighted by atomic mass is 16.6. The van der Waals surface area contributed by atoms with Gasteiger partial charge in [-0.3, -0.25) is 4.90 Å². The summed E-state index contributed by atoms with van der Waals surface area (Å²) in [7, 11) is 0. The summed E-state index contributed by atoms with van der Waals surface area (Å²) in [6.45, 7) is 8.51. The maximum atomic E-state index is 12.9. The molecule has 0 saturated carbocycles. The predicted octanol–water partition coefficient (Wildman–Crippen LogP) is 4.35. The SMILES string of the molecule is CC(C)(C)OC(=O)N[C@@H]1CCN(C(=O)OCc2ccccc2)C[C@H]1N1CCc2ccccc2C1. The van der Waals surface area contributed by atoms with Gasteiger partial charge in [0.05, 0.1) is 6.04 Å². The number of nitrogens with one attached hydrogen (secondary N) is 1. The molecule has 2 aliphatic heterocycles. The van der Waals surface area contributed by atoms with Crippen molar-refractivity contribution in [3.63, 3.8) is 0 Å². The number of fused-ring (bicyclic) bond motifs is 1. The lowest BCUT2D eigenvalue weighted by molar-refractivity contribution is 0.0264. The van der Waals surface area contributed by atoms with Gasteiger partial charge in [0, 0.05) is 32.2 Å². The molecule has 0 spiro atoms. The Morgan fingerprint density at radius 1 is 1.00 bits per heavy atom. The Kier molecular flexibility index (Phi) is 7.41. The van der Waals surface area contributed by atoms with Gasteiger partial charge in [-0.25, -0.2) is 9.59 Å². The zero-order valence-corrected chi connectivity index (χ0v) is 20.3. The smallest absolute Gasteiger partial charge is 0.410 e. The number of piperidine rings is 1. The average Bonchev–Trinajstić information content (AvgIpc) is 2.82. The van der Waals surface area contributed by atoms with Crippen molar-refractivity contribution in [2.75, 3.05) is 19.6 Å². The maximum absolute atomic E-state index is 12.9. The second-order valence-corrected chi connectivity index (χ2v) is 10.1. The monoisotopic (exact) mass is 465 g/mol. The van der Waals surface area contributed by atoms with Crippen molar-refractivity contribution >= 4 is 12.2 Å². The lowest BCUT2D eigenvalue weighted by atomic mass is 9.93. The van der Waals surface area contributed by atoms with E-state index < -0.39 is 11.7 Å². The van der Waals surface area contributed by atoms with E-state index in [9.17, 15) is 9.59 Å². The van der Waals surface area contributed by atoms with E-state index in [1.807, 2.05) is 51.1 Å². The lowest BCUT2D eigenvalue weighted by Gasteiger charge is -2.45. The van der Waals surface area contributed by atoms with Crippen LogP contribution in [0.5, 0.6) is 0 Å². The molecule has 2 heterocycles. The number of nitrogens with zero attached hydrogens (tertiary/aromatic N) is 2. The zero-order valence-electron chi connectivity index (χ0n) is 20.3. The van der Waals surface area contributed by atoms with E-state index in [1.54, 1.807) is 4.90 Å². The summed E-state index contributed by atoms with van der Waals surface area (Å²) >= 11 is 0. The van der Waals surface area contributed by atoms with Gasteiger partial charge in [-0.1, -0.05) is 54.6 Å². The molecule has 2 aromatic carbocycles. The van der Waals surface area contributed by atoms with E-state index in [0.717, 1.165) is 25.1 Å². The number of likely N-dealkylation sites (tertiary alicyclic amines) is 1. The number of amides is 2. The van der Waals surface area contributed by atoms with Gasteiger partial charge >= 0.3 is 12.2 Å². The highest BCUT2D eigenvalue weighted by Crippen LogP contribution is 2.25. The van der Waals surface area contributed by atoms with Gasteiger partial charge in [-0.05, 0) is 50.3 Å². The summed E-state index contributed by atoms with van der Waals surface area (Å²) in [5, 5.41) is 3.08. The maximum Gasteiger partial charge on any atom is 0.410 e. The fourth-order valence-electron chi connectivity index (χ4n) is 4.71. The molecule has 2 aromatic rings. The van der Waals surface area contributed by atoms with E-state index in [-0.39, 0.29) is 24.8 Å². The molecule has 0 bridgehead atoms. The summed E-state index contributed by atoms with van der Waals surface area (Å²) in [5.74, 6) is 0. The summed E-state index contributed by atoms with van der Waals surface area (Å²) < 4.78 is 11.1. The number of hydrogen-bond donors (Lipinski definition) is 1. The van der Waals surface area contributed by atoms with Gasteiger partial charge in [-0.15, -0.1) is 0 Å². The number of ether oxygens (including phenoxy) is 2. The minimum atomic E-state index is -0.564. The van der Waals surface area contributed by atoms with Gasteiger partial charge in [0.25, 0.3) is 0 Å². The first-order chi connectivity index (χ1) is 16.3. The number of rotatable bonds is 4. The van der Waals surface area contributed by atoms with Crippen LogP contribution in [-0.2, 0) is 29.0 Å². The number of hydrogen-bond acceptors (Lipinski definition) is 5. The number of benzene rings is 2. The average molecular weight is 466 g/mol. The molecule has 7 nitrogen and oxygen atoms in total. The standard InChI is InChI=1S/C27H35N3O4/c1-27(2,3)34-25(31)28-23-14-16-30(26(32)33-19-20-9-5-4-6-10-20)18-24(23)29-15-13-21-11-7-8-12-22(21)17-29/h4-12,23-24H,13-19H2,1-3H3,(H,28,31)/t23-,24-/m1/s1. The molecule has 1 fully saturated rings. The molecule has 7 heteroatoms. The Hall–Kier alpha value is -3.06. The van der Waals surface area contributed by atoms with Crippen LogP contribution in [-0.4, -0.2) is 59.3 Å². The first-order valence-corrected chi connectivity index (χ1v) is 12.0. The van der Waals surface area contributed by atoms with Crippen molar-refractivity contribution in [1.29, 1.82) is 0 Å². The molecule has 2 aliphatic rings. The molecule has 1 saturated heterocycles. The van der Waals surface area contributed by atoms with Crippen molar-refractivity contribution in [3.8, 4) is 0 Å². The second-order valence-electron chi connectivity index (χ2n) is 10.1. The number of carbonyl (C=O) groups excluding carboxylic acids is 2. The summed E-state index contributed by atoms with van der Waals surface area (Å²) in [6.07, 6.45) is 0.856. The third-order valence-corrected chi connectivity index (χ3v) is 6.38. The minimum absolute atomic E-state index is 0.0288. The summed E-state index contributed by atoms with van der Waals surface area (Å²) in [4.78, 5) is 29.6. The highest BCUT2D eigenvalue weighted by molar-refractivity contribution is 5.69. The third-order valence-electron chi connectivity index (χ3n) is 6.38. The van der Waals surface area contributed by atoms with E-state index in [1.165, 1.54) is 11.1 Å². The van der Waals surface area contributed by atoms with Gasteiger partial charge in [0.15, 0.2) is 0 Å². The number of alkyl carbamates (subject to hydrolysis) is 1. The van der Waals surface area contributed by atoms with Gasteiger partial charge in [0.1, 0.15) is 12.2 Å². The molecule has 4 rings (SSSR count). The molecule has 0 aromatic heterocycles. The molecule has 0 aliphatic carbocycles. The van der Waals surface area contributed by atoms with Gasteiger partial charge in [0.2, 0.25) is 0 Å². The van der Waals surface area contributed by atoms with Crippen LogP contribution in [0.25, 0.3) is 0 Å². The topological polar surface area (TPSA) is 71.1 Å². The van der Waals surface area contributed by atoms with Crippen LogP contribution >= 0.6 is 0 Å². The van der Waals surface area contributed by atoms with Gasteiger partial charge < -0.3 is 19.7 Å². The Morgan fingerprint density at radius 2 is 1.71 bits per heavy atom. The molecule has 0 radical (unpaired) electrons. The van der Waals surface area contributed by atoms with Gasteiger partial charge in [-0.2, -0.15) is 0 Å². The first kappa shape index (κ1) is 24.1. The normalized spacial score (nSPS) is 20.9. The fraction of sp³-hybridized carbons (Fsp3) is 0.481. The Morgan fingerprint density at radius 3 is 2.44 bits per heavy atom. The highest BCUT2D eigenvalue weighted by Gasteiger charge is 2.38. The van der Waals surface area contributed by atoms with E-state index in [0.29, 0.717) is 19.5 Å². The van der Waals surface area contributed by atoms with Crippen molar-refractivity contribution < 1.29 is 19.1 Å². The van der Waals surface area contributed by atoms with Crippen molar-refractivity contribution in [1.82, 2.24) is 15.1 Å². The molecule has 34 heavy (non-hydrogen) atoms. The van der Waals surface area contributed by atoms with Crippen LogP contribution in [0.1, 0.15) is 43.9 Å². The van der Waals surface area contributed by atoms with E-state index in [4.69, 9.17) is 9.47 Å². The van der Waals surface area contributed by atoms with Crippen LogP contribution < -0.4 is 5.32 Å². The molecule has 2 atom stereocenters. The lowest BCUT2D eigenvalue weighted by Crippen LogP contribution is -2.62. The second kappa shape index (κ2) is 10.5. The van der Waals surface area contributed by atoms with Crippen LogP contribution in [0.2, 0.25) is 0 Å². The molecule has 0 unspecified atom stereocenters.